The molecule has 5 nitrogen and oxygen atoms in total. The second-order valence-corrected chi connectivity index (χ2v) is 7.47. The highest BCUT2D eigenvalue weighted by molar-refractivity contribution is 7.99. The molecule has 0 bridgehead atoms. The van der Waals surface area contributed by atoms with Gasteiger partial charge in [0, 0.05) is 21.5 Å². The van der Waals surface area contributed by atoms with E-state index in [4.69, 9.17) is 11.6 Å². The van der Waals surface area contributed by atoms with E-state index in [-0.39, 0.29) is 22.8 Å². The average molecular weight is 426 g/mol. The molecule has 0 unspecified atom stereocenters. The molecule has 0 spiro atoms. The molecule has 1 aromatic heterocycles. The first-order valence-corrected chi connectivity index (χ1v) is 9.28. The molecule has 0 radical (unpaired) electrons. The number of fused-ring (bicyclic) bond motifs is 1. The zero-order valence-corrected chi connectivity index (χ0v) is 16.0. The second kappa shape index (κ2) is 7.81. The standard InChI is InChI=1S/C19H14ClF2NO4S/c1-9-12(7-17(25)26)13-6-16(24)14(20)8-15(13)23(9)18(27)10-2-4-11(5-3-10)28-19(21)22/h2-6,8,19,24H,7H2,1H3,(H,25,26). The number of benzene rings is 2. The monoisotopic (exact) mass is 425 g/mol. The van der Waals surface area contributed by atoms with Crippen LogP contribution in [0.25, 0.3) is 10.9 Å². The molecule has 0 aliphatic carbocycles. The van der Waals surface area contributed by atoms with Gasteiger partial charge in [0.25, 0.3) is 11.7 Å². The summed E-state index contributed by atoms with van der Waals surface area (Å²) in [6.07, 6.45) is -0.340. The summed E-state index contributed by atoms with van der Waals surface area (Å²) < 4.78 is 26.2. The number of phenols is 1. The van der Waals surface area contributed by atoms with Gasteiger partial charge in [-0.2, -0.15) is 8.78 Å². The SMILES string of the molecule is Cc1c(CC(=O)O)c2cc(O)c(Cl)cc2n1C(=O)c1ccc(SC(F)F)cc1. The predicted octanol–water partition coefficient (Wildman–Crippen LogP) is 4.94. The van der Waals surface area contributed by atoms with E-state index >= 15 is 0 Å². The molecular weight excluding hydrogens is 412 g/mol. The van der Waals surface area contributed by atoms with Crippen LogP contribution in [0.15, 0.2) is 41.3 Å². The topological polar surface area (TPSA) is 79.5 Å². The zero-order valence-electron chi connectivity index (χ0n) is 14.4. The van der Waals surface area contributed by atoms with Crippen molar-refractivity contribution in [2.45, 2.75) is 24.0 Å². The Kier molecular flexibility index (Phi) is 5.62. The number of alkyl halides is 2. The fourth-order valence-corrected chi connectivity index (χ4v) is 3.69. The Labute approximate surface area is 167 Å². The van der Waals surface area contributed by atoms with Crippen LogP contribution in [0.1, 0.15) is 21.6 Å². The average Bonchev–Trinajstić information content (AvgIpc) is 2.86. The minimum absolute atomic E-state index is 0.0182. The number of phenolic OH excluding ortho intramolecular Hbond substituents is 1. The number of carbonyl (C=O) groups is 2. The maximum Gasteiger partial charge on any atom is 0.307 e. The van der Waals surface area contributed by atoms with Crippen molar-refractivity contribution in [2.75, 3.05) is 0 Å². The van der Waals surface area contributed by atoms with Crippen molar-refractivity contribution < 1.29 is 28.6 Å². The summed E-state index contributed by atoms with van der Waals surface area (Å²) >= 11 is 6.36. The van der Waals surface area contributed by atoms with Crippen LogP contribution in [0.2, 0.25) is 5.02 Å². The summed E-state index contributed by atoms with van der Waals surface area (Å²) in [6.45, 7) is 1.60. The molecular formula is C19H14ClF2NO4S. The molecule has 0 amide bonds. The summed E-state index contributed by atoms with van der Waals surface area (Å²) in [7, 11) is 0. The van der Waals surface area contributed by atoms with Gasteiger partial charge >= 0.3 is 5.97 Å². The van der Waals surface area contributed by atoms with Gasteiger partial charge in [0.2, 0.25) is 0 Å². The van der Waals surface area contributed by atoms with Crippen LogP contribution < -0.4 is 0 Å². The van der Waals surface area contributed by atoms with Gasteiger partial charge in [-0.1, -0.05) is 23.4 Å². The Morgan fingerprint density at radius 2 is 1.86 bits per heavy atom. The molecule has 146 valence electrons. The Morgan fingerprint density at radius 1 is 1.21 bits per heavy atom. The Bertz CT molecular complexity index is 1080. The first kappa shape index (κ1) is 20.2. The van der Waals surface area contributed by atoms with Crippen LogP contribution in [-0.4, -0.2) is 32.4 Å². The van der Waals surface area contributed by atoms with Gasteiger partial charge in [0.15, 0.2) is 0 Å². The number of thioether (sulfide) groups is 1. The van der Waals surface area contributed by atoms with E-state index in [2.05, 4.69) is 0 Å². The number of carboxylic acids is 1. The molecule has 2 N–H and O–H groups in total. The molecule has 2 aromatic carbocycles. The molecule has 9 heteroatoms. The normalized spacial score (nSPS) is 11.3. The third-order valence-electron chi connectivity index (χ3n) is 4.26. The van der Waals surface area contributed by atoms with Crippen LogP contribution in [0, 0.1) is 6.92 Å². The highest BCUT2D eigenvalue weighted by Crippen LogP contribution is 2.35. The molecule has 3 rings (SSSR count). The summed E-state index contributed by atoms with van der Waals surface area (Å²) in [5, 5.41) is 19.5. The number of nitrogens with zero attached hydrogens (tertiary/aromatic N) is 1. The predicted molar refractivity (Wildman–Crippen MR) is 103 cm³/mol. The molecule has 0 aliphatic rings. The summed E-state index contributed by atoms with van der Waals surface area (Å²) in [4.78, 5) is 24.6. The number of rotatable bonds is 5. The number of aromatic nitrogens is 1. The van der Waals surface area contributed by atoms with Gasteiger partial charge in [-0.05, 0) is 48.9 Å². The van der Waals surface area contributed by atoms with Gasteiger partial charge in [-0.25, -0.2) is 0 Å². The first-order valence-electron chi connectivity index (χ1n) is 8.02. The molecule has 0 saturated heterocycles. The summed E-state index contributed by atoms with van der Waals surface area (Å²) in [5.74, 6) is -4.34. The quantitative estimate of drug-likeness (QED) is 0.566. The second-order valence-electron chi connectivity index (χ2n) is 6.00. The Morgan fingerprint density at radius 3 is 2.43 bits per heavy atom. The number of hydrogen-bond donors (Lipinski definition) is 2. The molecule has 3 aromatic rings. The van der Waals surface area contributed by atoms with Gasteiger partial charge in [0.1, 0.15) is 5.75 Å². The summed E-state index contributed by atoms with van der Waals surface area (Å²) in [5.41, 5.74) is 1.38. The van der Waals surface area contributed by atoms with Crippen molar-refractivity contribution in [3.8, 4) is 5.75 Å². The van der Waals surface area contributed by atoms with Crippen molar-refractivity contribution in [1.82, 2.24) is 4.57 Å². The van der Waals surface area contributed by atoms with Crippen molar-refractivity contribution in [1.29, 1.82) is 0 Å². The van der Waals surface area contributed by atoms with Crippen LogP contribution in [-0.2, 0) is 11.2 Å². The Balaban J connectivity index is 2.13. The Hall–Kier alpha value is -2.58. The number of aromatic hydroxyl groups is 1. The lowest BCUT2D eigenvalue weighted by atomic mass is 10.1. The maximum absolute atomic E-state index is 13.1. The van der Waals surface area contributed by atoms with Crippen molar-refractivity contribution in [3.05, 3.63) is 58.2 Å². The molecule has 0 atom stereocenters. The number of halogens is 3. The number of carboxylic acid groups (broad SMARTS) is 1. The third kappa shape index (κ3) is 3.83. The lowest BCUT2D eigenvalue weighted by molar-refractivity contribution is -0.136. The fourth-order valence-electron chi connectivity index (χ4n) is 3.03. The molecule has 0 aliphatic heterocycles. The maximum atomic E-state index is 13.1. The molecule has 1 heterocycles. The van der Waals surface area contributed by atoms with Gasteiger partial charge in [0.05, 0.1) is 17.0 Å². The fraction of sp³-hybridized carbons (Fsp3) is 0.158. The van der Waals surface area contributed by atoms with Crippen molar-refractivity contribution in [3.63, 3.8) is 0 Å². The van der Waals surface area contributed by atoms with Crippen molar-refractivity contribution in [2.24, 2.45) is 0 Å². The lowest BCUT2D eigenvalue weighted by Gasteiger charge is -2.09. The number of hydrogen-bond acceptors (Lipinski definition) is 4. The largest absolute Gasteiger partial charge is 0.506 e. The van der Waals surface area contributed by atoms with E-state index in [0.717, 1.165) is 0 Å². The van der Waals surface area contributed by atoms with Crippen LogP contribution >= 0.6 is 23.4 Å². The van der Waals surface area contributed by atoms with E-state index in [0.29, 0.717) is 38.8 Å². The minimum Gasteiger partial charge on any atom is -0.506 e. The minimum atomic E-state index is -2.56. The number of aliphatic carboxylic acids is 1. The highest BCUT2D eigenvalue weighted by atomic mass is 35.5. The smallest absolute Gasteiger partial charge is 0.307 e. The molecule has 28 heavy (non-hydrogen) atoms. The first-order chi connectivity index (χ1) is 13.2. The van der Waals surface area contributed by atoms with E-state index < -0.39 is 17.6 Å². The highest BCUT2D eigenvalue weighted by Gasteiger charge is 2.22. The molecule has 0 fully saturated rings. The van der Waals surface area contributed by atoms with E-state index in [1.54, 1.807) is 6.92 Å². The van der Waals surface area contributed by atoms with Crippen LogP contribution in [0.4, 0.5) is 8.78 Å². The van der Waals surface area contributed by atoms with Crippen LogP contribution in [0.5, 0.6) is 5.75 Å². The van der Waals surface area contributed by atoms with Crippen LogP contribution in [0.3, 0.4) is 0 Å². The summed E-state index contributed by atoms with van der Waals surface area (Å²) in [6, 6.07) is 8.41. The lowest BCUT2D eigenvalue weighted by Crippen LogP contribution is -2.14. The van der Waals surface area contributed by atoms with Gasteiger partial charge < -0.3 is 10.2 Å². The van der Waals surface area contributed by atoms with Gasteiger partial charge in [-0.15, -0.1) is 0 Å². The zero-order chi connectivity index (χ0) is 20.6. The van der Waals surface area contributed by atoms with E-state index in [1.165, 1.54) is 41.0 Å². The van der Waals surface area contributed by atoms with E-state index in [1.807, 2.05) is 0 Å². The van der Waals surface area contributed by atoms with E-state index in [9.17, 15) is 28.6 Å². The van der Waals surface area contributed by atoms with Gasteiger partial charge in [-0.3, -0.25) is 14.2 Å². The third-order valence-corrected chi connectivity index (χ3v) is 5.29. The van der Waals surface area contributed by atoms with Crippen molar-refractivity contribution >= 4 is 46.1 Å². The number of carbonyl (C=O) groups excluding carboxylic acids is 1. The molecule has 0 saturated carbocycles.